The number of nitrogens with zero attached hydrogens (tertiary/aromatic N) is 3. The van der Waals surface area contributed by atoms with E-state index >= 15 is 0 Å². The molecule has 2 atom stereocenters. The molecule has 2 aliphatic rings. The molecule has 1 saturated heterocycles. The fraction of sp³-hybridized carbons (Fsp3) is 0.471. The van der Waals surface area contributed by atoms with Gasteiger partial charge in [0.25, 0.3) is 0 Å². The maximum absolute atomic E-state index is 5.97. The van der Waals surface area contributed by atoms with Gasteiger partial charge in [0.05, 0.1) is 25.5 Å². The van der Waals surface area contributed by atoms with E-state index in [2.05, 4.69) is 34.4 Å². The molecular formula is C17H21N3O2. The summed E-state index contributed by atoms with van der Waals surface area (Å²) in [6.45, 7) is 4.38. The molecule has 2 aliphatic heterocycles. The summed E-state index contributed by atoms with van der Waals surface area (Å²) in [5.74, 6) is 0.980. The highest BCUT2D eigenvalue weighted by Gasteiger charge is 2.34. The predicted octanol–water partition coefficient (Wildman–Crippen LogP) is 1.76. The molecule has 3 heterocycles. The van der Waals surface area contributed by atoms with Gasteiger partial charge in [0.1, 0.15) is 12.4 Å². The highest BCUT2D eigenvalue weighted by atomic mass is 16.5. The number of aromatic nitrogens is 2. The number of hydrogen-bond acceptors (Lipinski definition) is 4. The van der Waals surface area contributed by atoms with Gasteiger partial charge in [0.15, 0.2) is 0 Å². The smallest absolute Gasteiger partial charge is 0.119 e. The molecule has 0 radical (unpaired) electrons. The Morgan fingerprint density at radius 1 is 1.36 bits per heavy atom. The zero-order chi connectivity index (χ0) is 14.9. The SMILES string of the molecule is Cn1cc(CN2CC2COc2ccc3c(c2)CCOC3)cn1. The minimum absolute atomic E-state index is 0.527. The topological polar surface area (TPSA) is 39.3 Å². The van der Waals surface area contributed by atoms with Gasteiger partial charge >= 0.3 is 0 Å². The lowest BCUT2D eigenvalue weighted by atomic mass is 10.0. The third-order valence-corrected chi connectivity index (χ3v) is 4.37. The van der Waals surface area contributed by atoms with Crippen LogP contribution in [0.25, 0.3) is 0 Å². The lowest BCUT2D eigenvalue weighted by molar-refractivity contribution is 0.110. The van der Waals surface area contributed by atoms with E-state index in [-0.39, 0.29) is 0 Å². The van der Waals surface area contributed by atoms with Gasteiger partial charge < -0.3 is 9.47 Å². The maximum atomic E-state index is 5.97. The van der Waals surface area contributed by atoms with Crippen LogP contribution in [-0.4, -0.2) is 40.5 Å². The van der Waals surface area contributed by atoms with Crippen molar-refractivity contribution in [3.63, 3.8) is 0 Å². The summed E-state index contributed by atoms with van der Waals surface area (Å²) >= 11 is 0. The van der Waals surface area contributed by atoms with Crippen molar-refractivity contribution in [1.82, 2.24) is 14.7 Å². The number of ether oxygens (including phenoxy) is 2. The second-order valence-corrected chi connectivity index (χ2v) is 6.15. The van der Waals surface area contributed by atoms with E-state index in [9.17, 15) is 0 Å². The second kappa shape index (κ2) is 5.74. The fourth-order valence-corrected chi connectivity index (χ4v) is 2.99. The Morgan fingerprint density at radius 3 is 3.18 bits per heavy atom. The van der Waals surface area contributed by atoms with Crippen LogP contribution in [0.2, 0.25) is 0 Å². The second-order valence-electron chi connectivity index (χ2n) is 6.15. The largest absolute Gasteiger partial charge is 0.492 e. The fourth-order valence-electron chi connectivity index (χ4n) is 2.99. The molecule has 1 fully saturated rings. The van der Waals surface area contributed by atoms with Gasteiger partial charge in [-0.15, -0.1) is 0 Å². The minimum Gasteiger partial charge on any atom is -0.492 e. The average Bonchev–Trinajstić information content (AvgIpc) is 3.15. The Kier molecular flexibility index (Phi) is 3.60. The Labute approximate surface area is 130 Å². The van der Waals surface area contributed by atoms with Gasteiger partial charge in [0.2, 0.25) is 0 Å². The van der Waals surface area contributed by atoms with Crippen molar-refractivity contribution in [3.05, 3.63) is 47.3 Å². The van der Waals surface area contributed by atoms with Crippen LogP contribution in [0.3, 0.4) is 0 Å². The lowest BCUT2D eigenvalue weighted by Crippen LogP contribution is -2.12. The first-order chi connectivity index (χ1) is 10.8. The molecule has 0 saturated carbocycles. The minimum atomic E-state index is 0.527. The first-order valence-electron chi connectivity index (χ1n) is 7.82. The monoisotopic (exact) mass is 299 g/mol. The molecule has 0 N–H and O–H groups in total. The Morgan fingerprint density at radius 2 is 2.32 bits per heavy atom. The van der Waals surface area contributed by atoms with Gasteiger partial charge in [-0.1, -0.05) is 6.07 Å². The molecule has 5 nitrogen and oxygen atoms in total. The zero-order valence-corrected chi connectivity index (χ0v) is 12.9. The van der Waals surface area contributed by atoms with Crippen LogP contribution in [0, 0.1) is 0 Å². The Bertz CT molecular complexity index is 668. The van der Waals surface area contributed by atoms with Crippen LogP contribution >= 0.6 is 0 Å². The number of benzene rings is 1. The van der Waals surface area contributed by atoms with Crippen molar-refractivity contribution in [2.75, 3.05) is 19.8 Å². The number of rotatable bonds is 5. The normalized spacial score (nSPS) is 23.1. The van der Waals surface area contributed by atoms with E-state index in [1.807, 2.05) is 17.9 Å². The molecule has 1 aromatic carbocycles. The van der Waals surface area contributed by atoms with Crippen LogP contribution in [0.5, 0.6) is 5.75 Å². The molecule has 2 aromatic rings. The van der Waals surface area contributed by atoms with Crippen LogP contribution in [-0.2, 0) is 31.4 Å². The molecule has 0 amide bonds. The van der Waals surface area contributed by atoms with Crippen LogP contribution in [0.4, 0.5) is 0 Å². The molecule has 0 aliphatic carbocycles. The predicted molar refractivity (Wildman–Crippen MR) is 82.7 cm³/mol. The lowest BCUT2D eigenvalue weighted by Gasteiger charge is -2.17. The Hall–Kier alpha value is -1.85. The number of hydrogen-bond donors (Lipinski definition) is 0. The average molecular weight is 299 g/mol. The van der Waals surface area contributed by atoms with Crippen molar-refractivity contribution >= 4 is 0 Å². The van der Waals surface area contributed by atoms with Crippen molar-refractivity contribution in [3.8, 4) is 5.75 Å². The summed E-state index contributed by atoms with van der Waals surface area (Å²) in [6.07, 6.45) is 4.99. The summed E-state index contributed by atoms with van der Waals surface area (Å²) in [6, 6.07) is 6.89. The molecule has 0 bridgehead atoms. The third-order valence-electron chi connectivity index (χ3n) is 4.37. The quantitative estimate of drug-likeness (QED) is 0.789. The van der Waals surface area contributed by atoms with E-state index in [0.717, 1.165) is 45.1 Å². The van der Waals surface area contributed by atoms with Crippen molar-refractivity contribution in [2.45, 2.75) is 25.6 Å². The van der Waals surface area contributed by atoms with Crippen molar-refractivity contribution in [2.24, 2.45) is 7.05 Å². The Balaban J connectivity index is 1.29. The number of aryl methyl sites for hydroxylation is 1. The first-order valence-corrected chi connectivity index (χ1v) is 7.82. The molecule has 2 unspecified atom stereocenters. The van der Waals surface area contributed by atoms with E-state index in [4.69, 9.17) is 9.47 Å². The van der Waals surface area contributed by atoms with Gasteiger partial charge in [-0.2, -0.15) is 5.10 Å². The zero-order valence-electron chi connectivity index (χ0n) is 12.9. The van der Waals surface area contributed by atoms with Crippen LogP contribution < -0.4 is 4.74 Å². The molecular weight excluding hydrogens is 278 g/mol. The van der Waals surface area contributed by atoms with Crippen molar-refractivity contribution < 1.29 is 9.47 Å². The van der Waals surface area contributed by atoms with Gasteiger partial charge in [-0.25, -0.2) is 0 Å². The van der Waals surface area contributed by atoms with E-state index in [1.165, 1.54) is 16.7 Å². The summed E-state index contributed by atoms with van der Waals surface area (Å²) in [5.41, 5.74) is 3.92. The van der Waals surface area contributed by atoms with Gasteiger partial charge in [-0.05, 0) is 29.7 Å². The van der Waals surface area contributed by atoms with E-state index in [1.54, 1.807) is 0 Å². The summed E-state index contributed by atoms with van der Waals surface area (Å²) in [7, 11) is 1.95. The summed E-state index contributed by atoms with van der Waals surface area (Å²) in [5, 5.41) is 4.21. The first kappa shape index (κ1) is 13.8. The highest BCUT2D eigenvalue weighted by Crippen LogP contribution is 2.25. The molecule has 4 rings (SSSR count). The third kappa shape index (κ3) is 3.00. The molecule has 1 aromatic heterocycles. The molecule has 0 spiro atoms. The van der Waals surface area contributed by atoms with Gasteiger partial charge in [-0.3, -0.25) is 9.58 Å². The van der Waals surface area contributed by atoms with Crippen molar-refractivity contribution in [1.29, 1.82) is 0 Å². The molecule has 22 heavy (non-hydrogen) atoms. The highest BCUT2D eigenvalue weighted by molar-refractivity contribution is 5.36. The standard InChI is InChI=1S/C17H21N3O2/c1-19-8-13(7-18-19)9-20-10-16(20)12-22-17-3-2-15-11-21-5-4-14(15)6-17/h2-3,6-8,16H,4-5,9-12H2,1H3. The van der Waals surface area contributed by atoms with E-state index in [0.29, 0.717) is 6.04 Å². The number of fused-ring (bicyclic) bond motifs is 1. The summed E-state index contributed by atoms with van der Waals surface area (Å²) in [4.78, 5) is 2.41. The van der Waals surface area contributed by atoms with Gasteiger partial charge in [0, 0.05) is 31.9 Å². The molecule has 5 heteroatoms. The van der Waals surface area contributed by atoms with E-state index < -0.39 is 0 Å². The van der Waals surface area contributed by atoms with Crippen LogP contribution in [0.15, 0.2) is 30.6 Å². The molecule has 116 valence electrons. The summed E-state index contributed by atoms with van der Waals surface area (Å²) < 4.78 is 13.3. The van der Waals surface area contributed by atoms with Crippen LogP contribution in [0.1, 0.15) is 16.7 Å². The maximum Gasteiger partial charge on any atom is 0.119 e.